The molecule has 1 aliphatic rings. The molecule has 54 heavy (non-hydrogen) atoms. The summed E-state index contributed by atoms with van der Waals surface area (Å²) in [5.41, 5.74) is 0.740. The number of hydrogen-bond acceptors (Lipinski definition) is 8. The number of nitrogens with one attached hydrogen (secondary N) is 2. The summed E-state index contributed by atoms with van der Waals surface area (Å²) < 4.78 is 5.87. The summed E-state index contributed by atoms with van der Waals surface area (Å²) in [4.78, 5) is 101. The van der Waals surface area contributed by atoms with E-state index in [1.165, 1.54) is 58.8 Å². The van der Waals surface area contributed by atoms with Crippen LogP contribution in [-0.2, 0) is 44.7 Å². The highest BCUT2D eigenvalue weighted by Crippen LogP contribution is 2.22. The first-order chi connectivity index (χ1) is 25.0. The van der Waals surface area contributed by atoms with Crippen molar-refractivity contribution in [3.05, 3.63) is 35.9 Å². The number of halogens is 2. The van der Waals surface area contributed by atoms with Gasteiger partial charge in [0, 0.05) is 41.0 Å². The molecular weight excluding hydrogens is 739 g/mol. The Hall–Kier alpha value is -3.91. The van der Waals surface area contributed by atoms with Gasteiger partial charge in [0.05, 0.1) is 0 Å². The topological polar surface area (TPSA) is 166 Å². The predicted octanol–water partition coefficient (Wildman–Crippen LogP) is 2.63. The zero-order chi connectivity index (χ0) is 41.4. The van der Waals surface area contributed by atoms with E-state index in [1.54, 1.807) is 58.9 Å². The number of amides is 6. The van der Waals surface area contributed by atoms with E-state index >= 15 is 0 Å². The summed E-state index contributed by atoms with van der Waals surface area (Å²) in [7, 11) is 5.64. The Morgan fingerprint density at radius 2 is 1.28 bits per heavy atom. The minimum atomic E-state index is -1.42. The van der Waals surface area contributed by atoms with Crippen molar-refractivity contribution in [2.24, 2.45) is 17.8 Å². The van der Waals surface area contributed by atoms with Crippen LogP contribution in [0.4, 0.5) is 0 Å². The fourth-order valence-corrected chi connectivity index (χ4v) is 6.22. The van der Waals surface area contributed by atoms with E-state index in [-0.39, 0.29) is 12.8 Å². The molecule has 16 heteroatoms. The first-order valence-electron chi connectivity index (χ1n) is 18.2. The van der Waals surface area contributed by atoms with Gasteiger partial charge in [-0.1, -0.05) is 65.0 Å². The van der Waals surface area contributed by atoms with E-state index < -0.39 is 106 Å². The molecule has 0 spiro atoms. The molecule has 1 aromatic carbocycles. The first-order valence-corrected chi connectivity index (χ1v) is 19.1. The Labute approximate surface area is 329 Å². The van der Waals surface area contributed by atoms with Crippen molar-refractivity contribution in [1.82, 2.24) is 30.2 Å². The van der Waals surface area contributed by atoms with Gasteiger partial charge < -0.3 is 35.0 Å². The SMILES string of the molecule is CC(C)C1NC(=O)C(Cc2ccccc2)N(C)C(=O)[C@H](C)N(C)C(=O)[C@@H](C(C)C)NC(=O)[C@H](C)N(C)C(=O)[C@@H](N(C)C(=O)C[C@H](C)C(Cl)Cl)[C@@H](C)OC1=O. The molecule has 14 nitrogen and oxygen atoms in total. The van der Waals surface area contributed by atoms with Crippen LogP contribution in [0.1, 0.15) is 67.4 Å². The van der Waals surface area contributed by atoms with Crippen LogP contribution in [-0.4, -0.2) is 136 Å². The zero-order valence-electron chi connectivity index (χ0n) is 33.5. The monoisotopic (exact) mass is 796 g/mol. The molecule has 2 unspecified atom stereocenters. The van der Waals surface area contributed by atoms with E-state index in [0.717, 1.165) is 15.4 Å². The van der Waals surface area contributed by atoms with Crippen LogP contribution in [0.2, 0.25) is 0 Å². The van der Waals surface area contributed by atoms with Gasteiger partial charge in [-0.25, -0.2) is 4.79 Å². The van der Waals surface area contributed by atoms with E-state index in [1.807, 2.05) is 6.07 Å². The van der Waals surface area contributed by atoms with Crippen molar-refractivity contribution in [2.45, 2.75) is 115 Å². The predicted molar refractivity (Wildman–Crippen MR) is 206 cm³/mol. The standard InChI is InChI=1S/C38H58Cl2N6O8/c1-20(2)29-36(51)44(10)24(7)35(50)45(11)27(19-26-16-14-13-15-17-26)34(49)42-30(21(3)4)38(53)54-25(8)31(37(52)43(9)23(6)33(48)41-29)46(12)28(47)18-22(5)32(39)40/h13-17,20-25,27,29-32H,18-19H2,1-12H3,(H,41,48)(H,42,49)/t22-,23-,24-,25+,27?,29+,30?,31-/m0/s1. The number of carbonyl (C=O) groups excluding carboxylic acids is 7. The van der Waals surface area contributed by atoms with Gasteiger partial charge in [-0.05, 0) is 44.1 Å². The lowest BCUT2D eigenvalue weighted by Gasteiger charge is -2.37. The van der Waals surface area contributed by atoms with Crippen LogP contribution in [0.5, 0.6) is 0 Å². The number of hydrogen-bond donors (Lipinski definition) is 2. The number of rotatable bonds is 8. The minimum absolute atomic E-state index is 0.0812. The smallest absolute Gasteiger partial charge is 0.329 e. The number of cyclic esters (lactones) is 1. The molecular formula is C38H58Cl2N6O8. The summed E-state index contributed by atoms with van der Waals surface area (Å²) in [6, 6.07) is 1.93. The maximum Gasteiger partial charge on any atom is 0.329 e. The third-order valence-electron chi connectivity index (χ3n) is 10.2. The number of esters is 1. The lowest BCUT2D eigenvalue weighted by atomic mass is 10.00. The van der Waals surface area contributed by atoms with Crippen LogP contribution in [0, 0.1) is 17.8 Å². The van der Waals surface area contributed by atoms with Crippen molar-refractivity contribution < 1.29 is 38.3 Å². The molecule has 0 bridgehead atoms. The van der Waals surface area contributed by atoms with Crippen molar-refractivity contribution in [3.63, 3.8) is 0 Å². The molecule has 0 radical (unpaired) electrons. The quantitative estimate of drug-likeness (QED) is 0.300. The second kappa shape index (κ2) is 20.1. The largest absolute Gasteiger partial charge is 0.458 e. The summed E-state index contributed by atoms with van der Waals surface area (Å²) >= 11 is 12.0. The van der Waals surface area contributed by atoms with E-state index in [4.69, 9.17) is 27.9 Å². The van der Waals surface area contributed by atoms with Crippen LogP contribution >= 0.6 is 23.2 Å². The van der Waals surface area contributed by atoms with Gasteiger partial charge in [0.1, 0.15) is 47.2 Å². The second-order valence-electron chi connectivity index (χ2n) is 15.0. The average Bonchev–Trinajstić information content (AvgIpc) is 3.11. The Balaban J connectivity index is 2.75. The number of alkyl halides is 2. The van der Waals surface area contributed by atoms with Crippen molar-refractivity contribution in [1.29, 1.82) is 0 Å². The summed E-state index contributed by atoms with van der Waals surface area (Å²) in [5, 5.41) is 5.51. The molecule has 6 amide bonds. The van der Waals surface area contributed by atoms with Crippen molar-refractivity contribution in [2.75, 3.05) is 28.2 Å². The van der Waals surface area contributed by atoms with Gasteiger partial charge in [-0.2, -0.15) is 0 Å². The fraction of sp³-hybridized carbons (Fsp3) is 0.658. The van der Waals surface area contributed by atoms with Gasteiger partial charge in [0.2, 0.25) is 35.4 Å². The van der Waals surface area contributed by atoms with Crippen LogP contribution in [0.25, 0.3) is 0 Å². The van der Waals surface area contributed by atoms with E-state index in [0.29, 0.717) is 0 Å². The molecule has 2 rings (SSSR count). The third-order valence-corrected chi connectivity index (χ3v) is 11.0. The Bertz CT molecular complexity index is 1510. The molecule has 1 heterocycles. The van der Waals surface area contributed by atoms with Gasteiger partial charge in [-0.15, -0.1) is 23.2 Å². The molecule has 1 fully saturated rings. The van der Waals surface area contributed by atoms with Gasteiger partial charge in [0.25, 0.3) is 0 Å². The highest BCUT2D eigenvalue weighted by atomic mass is 35.5. The fourth-order valence-electron chi connectivity index (χ4n) is 6.04. The molecule has 0 aromatic heterocycles. The van der Waals surface area contributed by atoms with Crippen LogP contribution in [0.3, 0.4) is 0 Å². The van der Waals surface area contributed by atoms with Gasteiger partial charge in [-0.3, -0.25) is 28.8 Å². The molecule has 2 N–H and O–H groups in total. The highest BCUT2D eigenvalue weighted by molar-refractivity contribution is 6.44. The maximum absolute atomic E-state index is 14.3. The van der Waals surface area contributed by atoms with Crippen LogP contribution in [0.15, 0.2) is 30.3 Å². The molecule has 302 valence electrons. The summed E-state index contributed by atoms with van der Waals surface area (Å²) in [5.74, 6) is -5.98. The number of ether oxygens (including phenoxy) is 1. The van der Waals surface area contributed by atoms with Crippen molar-refractivity contribution in [3.8, 4) is 0 Å². The third kappa shape index (κ3) is 11.5. The molecule has 1 saturated heterocycles. The molecule has 0 saturated carbocycles. The normalized spacial score (nSPS) is 26.6. The summed E-state index contributed by atoms with van der Waals surface area (Å²) in [6.45, 7) is 13.0. The summed E-state index contributed by atoms with van der Waals surface area (Å²) in [6.07, 6.45) is -1.33. The first kappa shape index (κ1) is 46.2. The maximum atomic E-state index is 14.3. The Morgan fingerprint density at radius 1 is 0.759 bits per heavy atom. The Kier molecular flexibility index (Phi) is 17.2. The molecule has 0 aliphatic carbocycles. The number of nitrogens with zero attached hydrogens (tertiary/aromatic N) is 4. The van der Waals surface area contributed by atoms with Crippen molar-refractivity contribution >= 4 is 64.6 Å². The van der Waals surface area contributed by atoms with Gasteiger partial charge >= 0.3 is 5.97 Å². The highest BCUT2D eigenvalue weighted by Gasteiger charge is 2.42. The zero-order valence-corrected chi connectivity index (χ0v) is 35.0. The lowest BCUT2D eigenvalue weighted by molar-refractivity contribution is -0.164. The van der Waals surface area contributed by atoms with Crippen LogP contribution < -0.4 is 10.6 Å². The minimum Gasteiger partial charge on any atom is -0.458 e. The molecule has 8 atom stereocenters. The molecule has 1 aliphatic heterocycles. The number of carbonyl (C=O) groups is 7. The van der Waals surface area contributed by atoms with E-state index in [2.05, 4.69) is 10.6 Å². The van der Waals surface area contributed by atoms with E-state index in [9.17, 15) is 33.6 Å². The molecule has 1 aromatic rings. The number of benzene rings is 1. The van der Waals surface area contributed by atoms with Gasteiger partial charge in [0.15, 0.2) is 0 Å². The number of likely N-dealkylation sites (N-methyl/N-ethyl adjacent to an activating group) is 4. The second-order valence-corrected chi connectivity index (χ2v) is 16.1. The Morgan fingerprint density at radius 3 is 1.80 bits per heavy atom. The lowest BCUT2D eigenvalue weighted by Crippen LogP contribution is -2.60. The average molecular weight is 798 g/mol.